The van der Waals surface area contributed by atoms with Crippen LogP contribution < -0.4 is 10.1 Å². The Labute approximate surface area is 148 Å². The van der Waals surface area contributed by atoms with Crippen molar-refractivity contribution >= 4 is 23.2 Å². The molecule has 0 fully saturated rings. The number of hydrogen-bond donors (Lipinski definition) is 1. The highest BCUT2D eigenvalue weighted by Crippen LogP contribution is 2.20. The Morgan fingerprint density at radius 2 is 2.00 bits per heavy atom. The van der Waals surface area contributed by atoms with Gasteiger partial charge in [0.15, 0.2) is 0 Å². The van der Waals surface area contributed by atoms with Crippen LogP contribution >= 0.6 is 0 Å². The Morgan fingerprint density at radius 1 is 1.27 bits per heavy atom. The van der Waals surface area contributed by atoms with E-state index in [-0.39, 0.29) is 12.1 Å². The SMILES string of the molecule is COc1cccc(NC(=O)CN(C)C(=O)c2ccc(F)c([N+](=O)[O-])c2)c1. The average Bonchev–Trinajstić information content (AvgIpc) is 2.61. The van der Waals surface area contributed by atoms with Gasteiger partial charge in [-0.25, -0.2) is 0 Å². The fourth-order valence-corrected chi connectivity index (χ4v) is 2.19. The van der Waals surface area contributed by atoms with E-state index in [0.29, 0.717) is 11.4 Å². The molecule has 0 aliphatic heterocycles. The molecule has 2 aromatic carbocycles. The second kappa shape index (κ2) is 8.06. The number of anilines is 1. The minimum atomic E-state index is -1.04. The maximum Gasteiger partial charge on any atom is 0.305 e. The molecular formula is C17H16FN3O5. The van der Waals surface area contributed by atoms with Crippen molar-refractivity contribution in [1.82, 2.24) is 4.90 Å². The molecule has 0 aromatic heterocycles. The van der Waals surface area contributed by atoms with Crippen LogP contribution in [0.4, 0.5) is 15.8 Å². The van der Waals surface area contributed by atoms with Crippen molar-refractivity contribution in [2.24, 2.45) is 0 Å². The van der Waals surface area contributed by atoms with Crippen molar-refractivity contribution in [1.29, 1.82) is 0 Å². The first kappa shape index (κ1) is 18.8. The lowest BCUT2D eigenvalue weighted by Gasteiger charge is -2.17. The Morgan fingerprint density at radius 3 is 2.65 bits per heavy atom. The Bertz CT molecular complexity index is 856. The Balaban J connectivity index is 2.05. The van der Waals surface area contributed by atoms with Crippen LogP contribution in [0.3, 0.4) is 0 Å². The fourth-order valence-electron chi connectivity index (χ4n) is 2.19. The molecule has 2 aromatic rings. The van der Waals surface area contributed by atoms with Crippen molar-refractivity contribution in [3.8, 4) is 5.75 Å². The quantitative estimate of drug-likeness (QED) is 0.629. The zero-order valence-corrected chi connectivity index (χ0v) is 14.1. The summed E-state index contributed by atoms with van der Waals surface area (Å²) in [6, 6.07) is 9.49. The average molecular weight is 361 g/mol. The summed E-state index contributed by atoms with van der Waals surface area (Å²) in [5, 5.41) is 13.4. The third kappa shape index (κ3) is 4.53. The van der Waals surface area contributed by atoms with Gasteiger partial charge in [0.2, 0.25) is 11.7 Å². The normalized spacial score (nSPS) is 10.1. The van der Waals surface area contributed by atoms with E-state index >= 15 is 0 Å². The lowest BCUT2D eigenvalue weighted by molar-refractivity contribution is -0.387. The molecule has 136 valence electrons. The van der Waals surface area contributed by atoms with Gasteiger partial charge in [-0.1, -0.05) is 6.07 Å². The third-order valence-electron chi connectivity index (χ3n) is 3.47. The van der Waals surface area contributed by atoms with E-state index < -0.39 is 28.2 Å². The number of halogens is 1. The second-order valence-electron chi connectivity index (χ2n) is 5.36. The molecule has 0 radical (unpaired) electrons. The fraction of sp³-hybridized carbons (Fsp3) is 0.176. The van der Waals surface area contributed by atoms with Gasteiger partial charge in [-0.2, -0.15) is 4.39 Å². The zero-order valence-electron chi connectivity index (χ0n) is 14.1. The van der Waals surface area contributed by atoms with Crippen molar-refractivity contribution in [2.75, 3.05) is 26.0 Å². The van der Waals surface area contributed by atoms with Crippen LogP contribution in [0.1, 0.15) is 10.4 Å². The number of nitro groups is 1. The summed E-state index contributed by atoms with van der Waals surface area (Å²) in [4.78, 5) is 35.3. The van der Waals surface area contributed by atoms with Gasteiger partial charge in [-0.05, 0) is 24.3 Å². The van der Waals surface area contributed by atoms with E-state index in [9.17, 15) is 24.1 Å². The van der Waals surface area contributed by atoms with Gasteiger partial charge in [0.05, 0.1) is 18.6 Å². The molecule has 0 unspecified atom stereocenters. The number of nitro benzene ring substituents is 1. The number of nitrogens with one attached hydrogen (secondary N) is 1. The minimum absolute atomic E-state index is 0.0882. The number of ether oxygens (including phenoxy) is 1. The van der Waals surface area contributed by atoms with Gasteiger partial charge < -0.3 is 15.0 Å². The summed E-state index contributed by atoms with van der Waals surface area (Å²) in [6.45, 7) is -0.290. The van der Waals surface area contributed by atoms with E-state index in [1.165, 1.54) is 14.2 Å². The highest BCUT2D eigenvalue weighted by atomic mass is 19.1. The summed E-state index contributed by atoms with van der Waals surface area (Å²) < 4.78 is 18.4. The second-order valence-corrected chi connectivity index (χ2v) is 5.36. The van der Waals surface area contributed by atoms with Crippen LogP contribution in [0.5, 0.6) is 5.75 Å². The molecule has 0 heterocycles. The van der Waals surface area contributed by atoms with Gasteiger partial charge in [0.1, 0.15) is 5.75 Å². The van der Waals surface area contributed by atoms with E-state index in [0.717, 1.165) is 23.1 Å². The number of carbonyl (C=O) groups excluding carboxylic acids is 2. The molecule has 0 atom stereocenters. The van der Waals surface area contributed by atoms with Crippen LogP contribution in [-0.4, -0.2) is 42.3 Å². The van der Waals surface area contributed by atoms with Crippen LogP contribution in [0.15, 0.2) is 42.5 Å². The van der Waals surface area contributed by atoms with Crippen LogP contribution in [-0.2, 0) is 4.79 Å². The highest BCUT2D eigenvalue weighted by molar-refractivity contribution is 5.99. The number of carbonyl (C=O) groups is 2. The molecule has 9 heteroatoms. The first-order valence-electron chi connectivity index (χ1n) is 7.45. The molecule has 0 aliphatic rings. The number of rotatable bonds is 6. The predicted molar refractivity (Wildman–Crippen MR) is 91.6 cm³/mol. The number of amides is 2. The first-order chi connectivity index (χ1) is 12.3. The van der Waals surface area contributed by atoms with E-state index in [2.05, 4.69) is 5.32 Å². The van der Waals surface area contributed by atoms with Crippen molar-refractivity contribution in [3.63, 3.8) is 0 Å². The van der Waals surface area contributed by atoms with Gasteiger partial charge in [-0.15, -0.1) is 0 Å². The van der Waals surface area contributed by atoms with E-state index in [1.807, 2.05) is 0 Å². The summed E-state index contributed by atoms with van der Waals surface area (Å²) in [5.74, 6) is -1.59. The largest absolute Gasteiger partial charge is 0.497 e. The molecule has 2 rings (SSSR count). The van der Waals surface area contributed by atoms with Crippen LogP contribution in [0.2, 0.25) is 0 Å². The highest BCUT2D eigenvalue weighted by Gasteiger charge is 2.20. The lowest BCUT2D eigenvalue weighted by Crippen LogP contribution is -2.35. The smallest absolute Gasteiger partial charge is 0.305 e. The maximum absolute atomic E-state index is 13.4. The molecule has 0 saturated heterocycles. The van der Waals surface area contributed by atoms with E-state index in [1.54, 1.807) is 24.3 Å². The molecule has 8 nitrogen and oxygen atoms in total. The first-order valence-corrected chi connectivity index (χ1v) is 7.45. The monoisotopic (exact) mass is 361 g/mol. The summed E-state index contributed by atoms with van der Waals surface area (Å²) in [5.41, 5.74) is -0.396. The van der Waals surface area contributed by atoms with Gasteiger partial charge in [0, 0.05) is 30.4 Å². The van der Waals surface area contributed by atoms with E-state index in [4.69, 9.17) is 4.74 Å². The van der Waals surface area contributed by atoms with Gasteiger partial charge >= 0.3 is 5.69 Å². The summed E-state index contributed by atoms with van der Waals surface area (Å²) in [7, 11) is 2.86. The molecule has 26 heavy (non-hydrogen) atoms. The van der Waals surface area contributed by atoms with Crippen LogP contribution in [0.25, 0.3) is 0 Å². The van der Waals surface area contributed by atoms with Gasteiger partial charge in [0.25, 0.3) is 5.91 Å². The number of nitrogens with zero attached hydrogens (tertiary/aromatic N) is 2. The van der Waals surface area contributed by atoms with Crippen molar-refractivity contribution < 1.29 is 23.6 Å². The molecule has 0 aliphatic carbocycles. The number of benzene rings is 2. The number of methoxy groups -OCH3 is 1. The molecule has 1 N–H and O–H groups in total. The predicted octanol–water partition coefficient (Wildman–Crippen LogP) is 2.45. The van der Waals surface area contributed by atoms with Crippen molar-refractivity contribution in [2.45, 2.75) is 0 Å². The molecule has 0 spiro atoms. The molecule has 0 bridgehead atoms. The zero-order chi connectivity index (χ0) is 19.3. The summed E-state index contributed by atoms with van der Waals surface area (Å²) in [6.07, 6.45) is 0. The van der Waals surface area contributed by atoms with Gasteiger partial charge in [-0.3, -0.25) is 19.7 Å². The summed E-state index contributed by atoms with van der Waals surface area (Å²) >= 11 is 0. The third-order valence-corrected chi connectivity index (χ3v) is 3.47. The number of likely N-dealkylation sites (N-methyl/N-ethyl adjacent to an activating group) is 1. The molecule has 2 amide bonds. The maximum atomic E-state index is 13.4. The standard InChI is InChI=1S/C17H16FN3O5/c1-20(10-16(22)19-12-4-3-5-13(9-12)26-2)17(23)11-6-7-14(18)15(8-11)21(24)25/h3-9H,10H2,1-2H3,(H,19,22). The van der Waals surface area contributed by atoms with Crippen LogP contribution in [0, 0.1) is 15.9 Å². The lowest BCUT2D eigenvalue weighted by atomic mass is 10.1. The molecular weight excluding hydrogens is 345 g/mol. The Kier molecular flexibility index (Phi) is 5.84. The molecule has 0 saturated carbocycles. The van der Waals surface area contributed by atoms with Crippen molar-refractivity contribution in [3.05, 3.63) is 64.0 Å². The number of hydrogen-bond acceptors (Lipinski definition) is 5. The Hall–Kier alpha value is -3.49. The minimum Gasteiger partial charge on any atom is -0.497 e. The topological polar surface area (TPSA) is 102 Å².